The van der Waals surface area contributed by atoms with Gasteiger partial charge in [0.1, 0.15) is 5.75 Å². The fourth-order valence-corrected chi connectivity index (χ4v) is 5.93. The summed E-state index contributed by atoms with van der Waals surface area (Å²) < 4.78 is 7.29. The fourth-order valence-electron chi connectivity index (χ4n) is 5.93. The first kappa shape index (κ1) is 23.2. The van der Waals surface area contributed by atoms with E-state index in [1.54, 1.807) is 30.3 Å². The number of nitrogens with zero attached hydrogens (tertiary/aromatic N) is 4. The van der Waals surface area contributed by atoms with Gasteiger partial charge in [-0.15, -0.1) is 0 Å². The molecule has 0 atom stereocenters. The summed E-state index contributed by atoms with van der Waals surface area (Å²) in [7, 11) is 1.61. The number of aromatic nitrogens is 3. The average molecular weight is 492 g/mol. The molecule has 7 nitrogen and oxygen atoms in total. The minimum atomic E-state index is -0.214. The maximum Gasteiger partial charge on any atom is 0.264 e. The van der Waals surface area contributed by atoms with Crippen LogP contribution in [0.5, 0.6) is 5.75 Å². The van der Waals surface area contributed by atoms with Crippen LogP contribution in [0.4, 0.5) is 5.95 Å². The molecule has 2 heterocycles. The highest BCUT2D eigenvalue weighted by Gasteiger charge is 2.43. The Morgan fingerprint density at radius 3 is 2.57 bits per heavy atom. The van der Waals surface area contributed by atoms with E-state index in [0.717, 1.165) is 54.5 Å². The molecule has 0 aliphatic heterocycles. The molecule has 1 saturated carbocycles. The zero-order chi connectivity index (χ0) is 25.2. The molecule has 6 rings (SSSR count). The third-order valence-corrected chi connectivity index (χ3v) is 7.64. The molecule has 7 heteroatoms. The Morgan fingerprint density at radius 2 is 1.76 bits per heavy atom. The molecule has 0 saturated heterocycles. The summed E-state index contributed by atoms with van der Waals surface area (Å²) in [5, 5.41) is 4.44. The summed E-state index contributed by atoms with van der Waals surface area (Å²) >= 11 is 0. The Hall–Kier alpha value is -4.26. The summed E-state index contributed by atoms with van der Waals surface area (Å²) in [6.07, 6.45) is 11.4. The summed E-state index contributed by atoms with van der Waals surface area (Å²) in [4.78, 5) is 23.8. The predicted molar refractivity (Wildman–Crippen MR) is 146 cm³/mol. The van der Waals surface area contributed by atoms with Crippen LogP contribution >= 0.6 is 0 Å². The molecule has 1 spiro atoms. The Bertz CT molecular complexity index is 1520. The van der Waals surface area contributed by atoms with E-state index in [2.05, 4.69) is 33.7 Å². The molecule has 4 aromatic rings. The Balaban J connectivity index is 1.60. The van der Waals surface area contributed by atoms with Crippen molar-refractivity contribution < 1.29 is 4.74 Å². The number of para-hydroxylation sites is 2. The largest absolute Gasteiger partial charge is 0.495 e. The lowest BCUT2D eigenvalue weighted by molar-refractivity contribution is 0.284. The number of hydrogen-bond acceptors (Lipinski definition) is 6. The molecular formula is C30H29N5O2. The predicted octanol–water partition coefficient (Wildman–Crippen LogP) is 5.51. The Morgan fingerprint density at radius 1 is 1.00 bits per heavy atom. The quantitative estimate of drug-likeness (QED) is 0.294. The van der Waals surface area contributed by atoms with E-state index in [1.807, 2.05) is 42.5 Å². The number of hydrogen-bond donors (Lipinski definition) is 1. The van der Waals surface area contributed by atoms with Crippen molar-refractivity contribution in [2.75, 3.05) is 12.5 Å². The highest BCUT2D eigenvalue weighted by Crippen LogP contribution is 2.49. The van der Waals surface area contributed by atoms with Crippen molar-refractivity contribution in [2.45, 2.75) is 43.9 Å². The topological polar surface area (TPSA) is 81.4 Å². The van der Waals surface area contributed by atoms with Crippen molar-refractivity contribution in [1.82, 2.24) is 14.5 Å². The van der Waals surface area contributed by atoms with E-state index in [0.29, 0.717) is 17.4 Å². The number of nitrogens with one attached hydrogen (secondary N) is 1. The minimum absolute atomic E-state index is 0.0625. The van der Waals surface area contributed by atoms with Crippen molar-refractivity contribution >= 4 is 12.2 Å². The lowest BCUT2D eigenvalue weighted by Crippen LogP contribution is -2.43. The molecule has 0 bridgehead atoms. The molecule has 37 heavy (non-hydrogen) atoms. The molecule has 2 aromatic heterocycles. The number of hydrazone groups is 1. The van der Waals surface area contributed by atoms with Gasteiger partial charge in [0, 0.05) is 23.4 Å². The number of pyridine rings is 1. The molecular weight excluding hydrogens is 462 g/mol. The second-order valence-electron chi connectivity index (χ2n) is 9.80. The third-order valence-electron chi connectivity index (χ3n) is 7.64. The van der Waals surface area contributed by atoms with Crippen LogP contribution in [0.15, 0.2) is 83.0 Å². The summed E-state index contributed by atoms with van der Waals surface area (Å²) in [5.74, 6) is 0.947. The number of ether oxygens (including phenoxy) is 1. The lowest BCUT2D eigenvalue weighted by Gasteiger charge is -2.42. The molecule has 186 valence electrons. The standard InChI is InChI=1S/C30H29N5O2/c1-37-25-12-6-5-11-24(25)35-28(36)26-27(33-29(35)34-32-20-21-13-17-31-18-14-21)23-10-4-3-9-22(23)19-30(26)15-7-2-8-16-30/h3-6,9-14,17-18,20H,2,7-8,15-16,19H2,1H3,(H,33,34)/b32-20+. The molecule has 2 aromatic carbocycles. The minimum Gasteiger partial charge on any atom is -0.495 e. The van der Waals surface area contributed by atoms with Gasteiger partial charge in [-0.2, -0.15) is 5.10 Å². The highest BCUT2D eigenvalue weighted by molar-refractivity contribution is 5.80. The van der Waals surface area contributed by atoms with Crippen molar-refractivity contribution in [3.05, 3.63) is 100 Å². The van der Waals surface area contributed by atoms with Crippen LogP contribution in [0.3, 0.4) is 0 Å². The zero-order valence-electron chi connectivity index (χ0n) is 20.9. The number of methoxy groups -OCH3 is 1. The van der Waals surface area contributed by atoms with Crippen LogP contribution in [-0.4, -0.2) is 27.9 Å². The molecule has 0 amide bonds. The van der Waals surface area contributed by atoms with Crippen LogP contribution in [0.25, 0.3) is 16.9 Å². The molecule has 0 unspecified atom stereocenters. The molecule has 0 radical (unpaired) electrons. The van der Waals surface area contributed by atoms with Crippen LogP contribution in [0, 0.1) is 0 Å². The van der Waals surface area contributed by atoms with Gasteiger partial charge >= 0.3 is 0 Å². The van der Waals surface area contributed by atoms with Gasteiger partial charge in [0.05, 0.1) is 30.3 Å². The SMILES string of the molecule is COc1ccccc1-n1c(N/N=C/c2ccncc2)nc2c(c1=O)C1(CCCCC1)Cc1ccccc1-2. The monoisotopic (exact) mass is 491 g/mol. The van der Waals surface area contributed by atoms with E-state index < -0.39 is 0 Å². The Kier molecular flexibility index (Phi) is 6.04. The van der Waals surface area contributed by atoms with Crippen molar-refractivity contribution in [3.63, 3.8) is 0 Å². The summed E-state index contributed by atoms with van der Waals surface area (Å²) in [6.45, 7) is 0. The van der Waals surface area contributed by atoms with Gasteiger partial charge in [0.15, 0.2) is 0 Å². The van der Waals surface area contributed by atoms with E-state index in [1.165, 1.54) is 12.0 Å². The first-order chi connectivity index (χ1) is 18.2. The smallest absolute Gasteiger partial charge is 0.264 e. The summed E-state index contributed by atoms with van der Waals surface area (Å²) in [5.41, 5.74) is 8.18. The van der Waals surface area contributed by atoms with Crippen LogP contribution in [0.1, 0.15) is 48.8 Å². The second kappa shape index (κ2) is 9.65. The van der Waals surface area contributed by atoms with Gasteiger partial charge in [0.25, 0.3) is 5.56 Å². The van der Waals surface area contributed by atoms with Crippen molar-refractivity contribution in [1.29, 1.82) is 0 Å². The normalized spacial score (nSPS) is 15.8. The van der Waals surface area contributed by atoms with Gasteiger partial charge < -0.3 is 4.74 Å². The molecule has 2 aliphatic carbocycles. The molecule has 1 fully saturated rings. The van der Waals surface area contributed by atoms with Crippen LogP contribution in [-0.2, 0) is 11.8 Å². The van der Waals surface area contributed by atoms with Crippen molar-refractivity contribution in [2.24, 2.45) is 5.10 Å². The van der Waals surface area contributed by atoms with Gasteiger partial charge in [-0.05, 0) is 54.7 Å². The van der Waals surface area contributed by atoms with Gasteiger partial charge in [-0.1, -0.05) is 55.7 Å². The zero-order valence-corrected chi connectivity index (χ0v) is 20.9. The summed E-state index contributed by atoms with van der Waals surface area (Å²) in [6, 6.07) is 19.6. The van der Waals surface area contributed by atoms with Gasteiger partial charge in [-0.25, -0.2) is 15.0 Å². The lowest BCUT2D eigenvalue weighted by atomic mass is 9.62. The van der Waals surface area contributed by atoms with E-state index in [4.69, 9.17) is 9.72 Å². The van der Waals surface area contributed by atoms with Gasteiger partial charge in [0.2, 0.25) is 5.95 Å². The number of fused-ring (bicyclic) bond motifs is 4. The van der Waals surface area contributed by atoms with E-state index in [9.17, 15) is 4.79 Å². The van der Waals surface area contributed by atoms with Crippen LogP contribution in [0.2, 0.25) is 0 Å². The second-order valence-corrected chi connectivity index (χ2v) is 9.80. The average Bonchev–Trinajstić information content (AvgIpc) is 2.94. The van der Waals surface area contributed by atoms with Gasteiger partial charge in [-0.3, -0.25) is 9.78 Å². The third kappa shape index (κ3) is 4.10. The van der Waals surface area contributed by atoms with E-state index >= 15 is 0 Å². The Labute approximate surface area is 215 Å². The maximum atomic E-state index is 14.6. The number of benzene rings is 2. The fraction of sp³-hybridized carbons (Fsp3) is 0.267. The molecule has 1 N–H and O–H groups in total. The highest BCUT2D eigenvalue weighted by atomic mass is 16.5. The number of rotatable bonds is 5. The number of anilines is 1. The molecule has 2 aliphatic rings. The first-order valence-electron chi connectivity index (χ1n) is 12.8. The van der Waals surface area contributed by atoms with E-state index in [-0.39, 0.29) is 11.0 Å². The maximum absolute atomic E-state index is 14.6. The first-order valence-corrected chi connectivity index (χ1v) is 12.8. The van der Waals surface area contributed by atoms with Crippen molar-refractivity contribution in [3.8, 4) is 22.7 Å². The van der Waals surface area contributed by atoms with Crippen LogP contribution < -0.4 is 15.7 Å².